The first kappa shape index (κ1) is 16.0. The number of nitrogens with one attached hydrogen (secondary N) is 1. The van der Waals surface area contributed by atoms with Crippen molar-refractivity contribution in [3.8, 4) is 0 Å². The third kappa shape index (κ3) is 3.39. The zero-order valence-electron chi connectivity index (χ0n) is 13.3. The highest BCUT2D eigenvalue weighted by Crippen LogP contribution is 2.30. The summed E-state index contributed by atoms with van der Waals surface area (Å²) in [4.78, 5) is 24.0. The van der Waals surface area contributed by atoms with E-state index in [-0.39, 0.29) is 12.5 Å². The van der Waals surface area contributed by atoms with Gasteiger partial charge in [-0.1, -0.05) is 6.07 Å². The molecule has 0 aromatic heterocycles. The number of carboxylic acid groups (broad SMARTS) is 1. The molecule has 0 unspecified atom stereocenters. The summed E-state index contributed by atoms with van der Waals surface area (Å²) in [7, 11) is 0. The summed E-state index contributed by atoms with van der Waals surface area (Å²) in [6.45, 7) is 1.02. The van der Waals surface area contributed by atoms with Crippen LogP contribution in [0.3, 0.4) is 0 Å². The molecule has 1 fully saturated rings. The van der Waals surface area contributed by atoms with Crippen molar-refractivity contribution in [3.63, 3.8) is 0 Å². The van der Waals surface area contributed by atoms with Crippen molar-refractivity contribution in [2.24, 2.45) is 5.41 Å². The molecule has 0 saturated carbocycles. The van der Waals surface area contributed by atoms with Gasteiger partial charge >= 0.3 is 5.97 Å². The van der Waals surface area contributed by atoms with Gasteiger partial charge < -0.3 is 15.2 Å². The van der Waals surface area contributed by atoms with Crippen LogP contribution in [0.1, 0.15) is 47.2 Å². The fourth-order valence-corrected chi connectivity index (χ4v) is 3.45. The number of hydrogen-bond donors (Lipinski definition) is 2. The third-order valence-electron chi connectivity index (χ3n) is 5.10. The van der Waals surface area contributed by atoms with E-state index in [4.69, 9.17) is 4.74 Å². The van der Waals surface area contributed by atoms with Crippen LogP contribution in [0.5, 0.6) is 0 Å². The predicted octanol–water partition coefficient (Wildman–Crippen LogP) is 2.18. The van der Waals surface area contributed by atoms with Crippen LogP contribution in [0.15, 0.2) is 18.2 Å². The number of benzene rings is 1. The summed E-state index contributed by atoms with van der Waals surface area (Å²) >= 11 is 0. The summed E-state index contributed by atoms with van der Waals surface area (Å²) < 4.78 is 5.25. The van der Waals surface area contributed by atoms with Gasteiger partial charge in [0.05, 0.1) is 5.41 Å². The number of carboxylic acids is 1. The summed E-state index contributed by atoms with van der Waals surface area (Å²) in [5.74, 6) is -1.04. The number of carbonyl (C=O) groups excluding carboxylic acids is 1. The molecule has 124 valence electrons. The van der Waals surface area contributed by atoms with Gasteiger partial charge in [0.15, 0.2) is 0 Å². The Labute approximate surface area is 136 Å². The fraction of sp³-hybridized carbons (Fsp3) is 0.556. The monoisotopic (exact) mass is 317 g/mol. The van der Waals surface area contributed by atoms with Gasteiger partial charge in [-0.15, -0.1) is 0 Å². The maximum Gasteiger partial charge on any atom is 0.311 e. The second-order valence-corrected chi connectivity index (χ2v) is 6.57. The number of aliphatic carboxylic acids is 1. The van der Waals surface area contributed by atoms with Crippen LogP contribution >= 0.6 is 0 Å². The molecule has 5 heteroatoms. The average molecular weight is 317 g/mol. The fourth-order valence-electron chi connectivity index (χ4n) is 3.45. The van der Waals surface area contributed by atoms with Gasteiger partial charge in [0, 0.05) is 25.3 Å². The molecule has 0 atom stereocenters. The second kappa shape index (κ2) is 6.71. The zero-order valence-corrected chi connectivity index (χ0v) is 13.3. The van der Waals surface area contributed by atoms with E-state index in [1.54, 1.807) is 0 Å². The Morgan fingerprint density at radius 2 is 1.83 bits per heavy atom. The molecule has 5 nitrogen and oxygen atoms in total. The normalized spacial score (nSPS) is 19.7. The summed E-state index contributed by atoms with van der Waals surface area (Å²) in [5, 5.41) is 12.3. The van der Waals surface area contributed by atoms with Crippen LogP contribution in [-0.2, 0) is 22.4 Å². The molecule has 0 spiro atoms. The number of rotatable bonds is 4. The first-order chi connectivity index (χ1) is 11.1. The van der Waals surface area contributed by atoms with Crippen molar-refractivity contribution < 1.29 is 19.4 Å². The van der Waals surface area contributed by atoms with Gasteiger partial charge in [-0.25, -0.2) is 0 Å². The van der Waals surface area contributed by atoms with Gasteiger partial charge in [-0.2, -0.15) is 0 Å². The minimum atomic E-state index is -0.901. The number of ether oxygens (including phenoxy) is 1. The lowest BCUT2D eigenvalue weighted by Crippen LogP contribution is -2.46. The first-order valence-corrected chi connectivity index (χ1v) is 8.32. The lowest BCUT2D eigenvalue weighted by molar-refractivity contribution is -0.154. The van der Waals surface area contributed by atoms with Gasteiger partial charge in [0.2, 0.25) is 0 Å². The van der Waals surface area contributed by atoms with Crippen molar-refractivity contribution in [1.29, 1.82) is 0 Å². The summed E-state index contributed by atoms with van der Waals surface area (Å²) in [5.41, 5.74) is 2.31. The predicted molar refractivity (Wildman–Crippen MR) is 85.5 cm³/mol. The maximum absolute atomic E-state index is 12.4. The highest BCUT2D eigenvalue weighted by atomic mass is 16.5. The molecular formula is C18H23NO4. The van der Waals surface area contributed by atoms with Gasteiger partial charge in [-0.3, -0.25) is 9.59 Å². The molecule has 1 aliphatic carbocycles. The molecule has 0 bridgehead atoms. The van der Waals surface area contributed by atoms with Crippen LogP contribution in [0.2, 0.25) is 0 Å². The van der Waals surface area contributed by atoms with Gasteiger partial charge in [-0.05, 0) is 61.8 Å². The Kier molecular flexibility index (Phi) is 4.66. The van der Waals surface area contributed by atoms with E-state index < -0.39 is 11.4 Å². The quantitative estimate of drug-likeness (QED) is 0.892. The number of amides is 1. The first-order valence-electron chi connectivity index (χ1n) is 8.32. The third-order valence-corrected chi connectivity index (χ3v) is 5.10. The lowest BCUT2D eigenvalue weighted by Gasteiger charge is -2.33. The molecular weight excluding hydrogens is 294 g/mol. The minimum absolute atomic E-state index is 0.154. The zero-order chi connectivity index (χ0) is 16.3. The van der Waals surface area contributed by atoms with Crippen LogP contribution < -0.4 is 5.32 Å². The average Bonchev–Trinajstić information content (AvgIpc) is 2.60. The molecule has 2 aliphatic rings. The Balaban J connectivity index is 1.68. The number of carbonyl (C=O) groups is 2. The summed E-state index contributed by atoms with van der Waals surface area (Å²) in [6, 6.07) is 5.84. The van der Waals surface area contributed by atoms with Crippen LogP contribution in [-0.4, -0.2) is 36.7 Å². The van der Waals surface area contributed by atoms with Crippen LogP contribution in [0, 0.1) is 5.41 Å². The lowest BCUT2D eigenvalue weighted by atomic mass is 9.80. The largest absolute Gasteiger partial charge is 0.481 e. The molecule has 1 aliphatic heterocycles. The SMILES string of the molecule is O=C(NCC1(C(=O)O)CCOCC1)c1ccc2c(c1)CCCC2. The molecule has 2 N–H and O–H groups in total. The Hall–Kier alpha value is -1.88. The second-order valence-electron chi connectivity index (χ2n) is 6.57. The smallest absolute Gasteiger partial charge is 0.311 e. The summed E-state index contributed by atoms with van der Waals surface area (Å²) in [6.07, 6.45) is 5.35. The molecule has 1 aromatic carbocycles. The highest BCUT2D eigenvalue weighted by molar-refractivity contribution is 5.94. The number of aryl methyl sites for hydroxylation is 2. The van der Waals surface area contributed by atoms with Crippen LogP contribution in [0.25, 0.3) is 0 Å². The van der Waals surface area contributed by atoms with Crippen molar-refractivity contribution in [3.05, 3.63) is 34.9 Å². The molecule has 3 rings (SSSR count). The van der Waals surface area contributed by atoms with Crippen molar-refractivity contribution in [1.82, 2.24) is 5.32 Å². The molecule has 1 aromatic rings. The van der Waals surface area contributed by atoms with E-state index in [0.717, 1.165) is 12.8 Å². The van der Waals surface area contributed by atoms with E-state index in [0.29, 0.717) is 31.6 Å². The van der Waals surface area contributed by atoms with E-state index in [2.05, 4.69) is 5.32 Å². The van der Waals surface area contributed by atoms with E-state index in [9.17, 15) is 14.7 Å². The molecule has 1 heterocycles. The standard InChI is InChI=1S/C18H23NO4/c20-16(15-6-5-13-3-1-2-4-14(13)11-15)19-12-18(17(21)22)7-9-23-10-8-18/h5-6,11H,1-4,7-10,12H2,(H,19,20)(H,21,22). The molecule has 23 heavy (non-hydrogen) atoms. The van der Waals surface area contributed by atoms with Gasteiger partial charge in [0.25, 0.3) is 5.91 Å². The number of hydrogen-bond acceptors (Lipinski definition) is 3. The Morgan fingerprint density at radius 3 is 2.52 bits per heavy atom. The van der Waals surface area contributed by atoms with E-state index in [1.807, 2.05) is 18.2 Å². The van der Waals surface area contributed by atoms with E-state index >= 15 is 0 Å². The number of fused-ring (bicyclic) bond motifs is 1. The molecule has 1 saturated heterocycles. The topological polar surface area (TPSA) is 75.6 Å². The van der Waals surface area contributed by atoms with Crippen LogP contribution in [0.4, 0.5) is 0 Å². The minimum Gasteiger partial charge on any atom is -0.481 e. The van der Waals surface area contributed by atoms with Crippen molar-refractivity contribution >= 4 is 11.9 Å². The highest BCUT2D eigenvalue weighted by Gasteiger charge is 2.40. The Bertz CT molecular complexity index is 605. The maximum atomic E-state index is 12.4. The molecule has 1 amide bonds. The molecule has 0 radical (unpaired) electrons. The van der Waals surface area contributed by atoms with Gasteiger partial charge in [0.1, 0.15) is 0 Å². The van der Waals surface area contributed by atoms with Crippen molar-refractivity contribution in [2.75, 3.05) is 19.8 Å². The van der Waals surface area contributed by atoms with E-state index in [1.165, 1.54) is 24.0 Å². The van der Waals surface area contributed by atoms with Crippen molar-refractivity contribution in [2.45, 2.75) is 38.5 Å². The Morgan fingerprint density at radius 1 is 1.13 bits per heavy atom.